The zero-order valence-corrected chi connectivity index (χ0v) is 5.64. The van der Waals surface area contributed by atoms with E-state index in [9.17, 15) is 13.2 Å². The summed E-state index contributed by atoms with van der Waals surface area (Å²) in [5.74, 6) is 0. The van der Waals surface area contributed by atoms with Gasteiger partial charge in [0.1, 0.15) is 0 Å². The highest BCUT2D eigenvalue weighted by molar-refractivity contribution is 4.71. The molecule has 1 N–H and O–H groups in total. The molecule has 0 aromatic rings. The molecule has 0 heterocycles. The molecule has 10 heavy (non-hydrogen) atoms. The Kier molecular flexibility index (Phi) is 3.11. The molecule has 0 spiro atoms. The fourth-order valence-electron chi connectivity index (χ4n) is 0.395. The normalized spacial score (nSPS) is 18.6. The molecule has 2 atom stereocenters. The van der Waals surface area contributed by atoms with E-state index in [4.69, 9.17) is 5.11 Å². The van der Waals surface area contributed by atoms with Crippen molar-refractivity contribution in [3.05, 3.63) is 0 Å². The highest BCUT2D eigenvalue weighted by Gasteiger charge is 2.41. The lowest BCUT2D eigenvalue weighted by Crippen LogP contribution is -2.38. The van der Waals surface area contributed by atoms with Crippen molar-refractivity contribution in [1.82, 2.24) is 0 Å². The SMILES string of the molecule is CO[C@@H](C)[C@H](O)C(F)(F)F. The van der Waals surface area contributed by atoms with Gasteiger partial charge in [-0.15, -0.1) is 0 Å². The smallest absolute Gasteiger partial charge is 0.381 e. The number of hydrogen-bond acceptors (Lipinski definition) is 2. The van der Waals surface area contributed by atoms with E-state index in [0.29, 0.717) is 0 Å². The predicted octanol–water partition coefficient (Wildman–Crippen LogP) is 0.944. The second kappa shape index (κ2) is 3.21. The summed E-state index contributed by atoms with van der Waals surface area (Å²) in [5, 5.41) is 8.40. The molecule has 0 saturated carbocycles. The van der Waals surface area contributed by atoms with Crippen molar-refractivity contribution in [3.63, 3.8) is 0 Å². The molecule has 0 aliphatic rings. The first-order chi connectivity index (χ1) is 4.39. The van der Waals surface area contributed by atoms with Crippen LogP contribution in [-0.4, -0.2) is 30.6 Å². The Bertz CT molecular complexity index is 102. The van der Waals surface area contributed by atoms with E-state index in [1.807, 2.05) is 0 Å². The van der Waals surface area contributed by atoms with Gasteiger partial charge in [-0.2, -0.15) is 13.2 Å². The van der Waals surface area contributed by atoms with Crippen molar-refractivity contribution >= 4 is 0 Å². The molecule has 0 saturated heterocycles. The lowest BCUT2D eigenvalue weighted by molar-refractivity contribution is -0.230. The van der Waals surface area contributed by atoms with Gasteiger partial charge in [0.25, 0.3) is 0 Å². The van der Waals surface area contributed by atoms with Gasteiger partial charge in [0.15, 0.2) is 6.10 Å². The predicted molar refractivity (Wildman–Crippen MR) is 28.5 cm³/mol. The number of methoxy groups -OCH3 is 1. The third-order valence-electron chi connectivity index (χ3n) is 1.15. The molecule has 0 aliphatic heterocycles. The molecular weight excluding hydrogens is 149 g/mol. The molecule has 0 aliphatic carbocycles. The van der Waals surface area contributed by atoms with Gasteiger partial charge in [0.2, 0.25) is 0 Å². The lowest BCUT2D eigenvalue weighted by atomic mass is 10.2. The minimum absolute atomic E-state index is 1.11. The van der Waals surface area contributed by atoms with Gasteiger partial charge in [0, 0.05) is 7.11 Å². The van der Waals surface area contributed by atoms with Crippen molar-refractivity contribution < 1.29 is 23.0 Å². The Balaban J connectivity index is 3.94. The van der Waals surface area contributed by atoms with E-state index in [2.05, 4.69) is 4.74 Å². The quantitative estimate of drug-likeness (QED) is 0.648. The minimum atomic E-state index is -4.59. The summed E-state index contributed by atoms with van der Waals surface area (Å²) in [7, 11) is 1.11. The van der Waals surface area contributed by atoms with E-state index in [1.54, 1.807) is 0 Å². The van der Waals surface area contributed by atoms with Crippen LogP contribution >= 0.6 is 0 Å². The maximum absolute atomic E-state index is 11.6. The first-order valence-corrected chi connectivity index (χ1v) is 2.67. The number of aliphatic hydroxyl groups excluding tert-OH is 1. The zero-order chi connectivity index (χ0) is 8.36. The summed E-state index contributed by atoms with van der Waals surface area (Å²) in [6.07, 6.45) is -8.19. The molecule has 0 radical (unpaired) electrons. The summed E-state index contributed by atoms with van der Waals surface area (Å²) in [6, 6.07) is 0. The van der Waals surface area contributed by atoms with Crippen LogP contribution in [0.3, 0.4) is 0 Å². The van der Waals surface area contributed by atoms with Crippen LogP contribution in [0.15, 0.2) is 0 Å². The van der Waals surface area contributed by atoms with Crippen LogP contribution in [0, 0.1) is 0 Å². The molecule has 0 unspecified atom stereocenters. The van der Waals surface area contributed by atoms with E-state index >= 15 is 0 Å². The molecular formula is C5H9F3O2. The van der Waals surface area contributed by atoms with Crippen LogP contribution in [0.4, 0.5) is 13.2 Å². The second-order valence-electron chi connectivity index (χ2n) is 1.93. The van der Waals surface area contributed by atoms with Crippen molar-refractivity contribution in [2.24, 2.45) is 0 Å². The summed E-state index contributed by atoms with van der Waals surface area (Å²) in [4.78, 5) is 0. The maximum atomic E-state index is 11.6. The zero-order valence-electron chi connectivity index (χ0n) is 5.64. The van der Waals surface area contributed by atoms with Crippen LogP contribution in [0.1, 0.15) is 6.92 Å². The van der Waals surface area contributed by atoms with Crippen LogP contribution in [-0.2, 0) is 4.74 Å². The van der Waals surface area contributed by atoms with E-state index in [1.165, 1.54) is 0 Å². The Morgan fingerprint density at radius 3 is 1.90 bits per heavy atom. The number of hydrogen-bond donors (Lipinski definition) is 1. The Morgan fingerprint density at radius 2 is 1.80 bits per heavy atom. The number of rotatable bonds is 2. The van der Waals surface area contributed by atoms with Gasteiger partial charge in [-0.25, -0.2) is 0 Å². The number of halogens is 3. The molecule has 0 amide bonds. The molecule has 0 rings (SSSR count). The van der Waals surface area contributed by atoms with Crippen molar-refractivity contribution in [1.29, 1.82) is 0 Å². The van der Waals surface area contributed by atoms with Crippen LogP contribution in [0.2, 0.25) is 0 Å². The van der Waals surface area contributed by atoms with Gasteiger partial charge < -0.3 is 9.84 Å². The van der Waals surface area contributed by atoms with E-state index < -0.39 is 18.4 Å². The van der Waals surface area contributed by atoms with Crippen LogP contribution in [0.5, 0.6) is 0 Å². The Hall–Kier alpha value is -0.290. The number of ether oxygens (including phenoxy) is 1. The molecule has 0 aromatic carbocycles. The number of alkyl halides is 3. The monoisotopic (exact) mass is 158 g/mol. The first kappa shape index (κ1) is 9.71. The summed E-state index contributed by atoms with van der Waals surface area (Å²) in [5.41, 5.74) is 0. The van der Waals surface area contributed by atoms with Gasteiger partial charge >= 0.3 is 6.18 Å². The first-order valence-electron chi connectivity index (χ1n) is 2.67. The molecule has 2 nitrogen and oxygen atoms in total. The summed E-state index contributed by atoms with van der Waals surface area (Å²) in [6.45, 7) is 1.15. The largest absolute Gasteiger partial charge is 0.416 e. The van der Waals surface area contributed by atoms with Gasteiger partial charge in [-0.05, 0) is 6.92 Å². The number of aliphatic hydroxyl groups is 1. The maximum Gasteiger partial charge on any atom is 0.416 e. The molecule has 0 fully saturated rings. The van der Waals surface area contributed by atoms with Crippen molar-refractivity contribution in [2.75, 3.05) is 7.11 Å². The van der Waals surface area contributed by atoms with Crippen molar-refractivity contribution in [3.8, 4) is 0 Å². The van der Waals surface area contributed by atoms with E-state index in [-0.39, 0.29) is 0 Å². The second-order valence-corrected chi connectivity index (χ2v) is 1.93. The molecule has 5 heteroatoms. The average molecular weight is 158 g/mol. The highest BCUT2D eigenvalue weighted by Crippen LogP contribution is 2.23. The Morgan fingerprint density at radius 1 is 1.40 bits per heavy atom. The lowest BCUT2D eigenvalue weighted by Gasteiger charge is -2.19. The van der Waals surface area contributed by atoms with Gasteiger partial charge in [0.05, 0.1) is 6.10 Å². The standard InChI is InChI=1S/C5H9F3O2/c1-3(10-2)4(9)5(6,7)8/h3-4,9H,1-2H3/t3-,4-/m0/s1. The van der Waals surface area contributed by atoms with Gasteiger partial charge in [-0.3, -0.25) is 0 Å². The van der Waals surface area contributed by atoms with E-state index in [0.717, 1.165) is 14.0 Å². The molecule has 62 valence electrons. The fourth-order valence-corrected chi connectivity index (χ4v) is 0.395. The van der Waals surface area contributed by atoms with Crippen LogP contribution in [0.25, 0.3) is 0 Å². The minimum Gasteiger partial charge on any atom is -0.381 e. The fraction of sp³-hybridized carbons (Fsp3) is 1.00. The average Bonchev–Trinajstić information content (AvgIpc) is 1.83. The topological polar surface area (TPSA) is 29.5 Å². The van der Waals surface area contributed by atoms with Crippen molar-refractivity contribution in [2.45, 2.75) is 25.3 Å². The highest BCUT2D eigenvalue weighted by atomic mass is 19.4. The summed E-state index contributed by atoms with van der Waals surface area (Å²) >= 11 is 0. The molecule has 0 bridgehead atoms. The van der Waals surface area contributed by atoms with Crippen LogP contribution < -0.4 is 0 Å². The third kappa shape index (κ3) is 2.53. The Labute approximate surface area is 56.6 Å². The summed E-state index contributed by atoms with van der Waals surface area (Å²) < 4.78 is 38.9. The third-order valence-corrected chi connectivity index (χ3v) is 1.15. The molecule has 0 aromatic heterocycles. The van der Waals surface area contributed by atoms with Gasteiger partial charge in [-0.1, -0.05) is 0 Å².